The molecule has 0 rings (SSSR count). The van der Waals surface area contributed by atoms with Crippen molar-refractivity contribution in [2.75, 3.05) is 0 Å². The Labute approximate surface area is 41.0 Å². The Hall–Kier alpha value is -1.53. The fraction of sp³-hybridized carbons (Fsp3) is 0. The molecule has 0 aromatic carbocycles. The van der Waals surface area contributed by atoms with E-state index in [-0.39, 0.29) is 0 Å². The number of nitrogens with zero attached hydrogens (tertiary/aromatic N) is 3. The second-order valence-electron chi connectivity index (χ2n) is 0.710. The molecule has 7 heavy (non-hydrogen) atoms. The molecule has 0 saturated heterocycles. The first kappa shape index (κ1) is 5.47. The monoisotopic (exact) mass is 90.0 g/mol. The molecule has 31 valence electrons. The van der Waals surface area contributed by atoms with Crippen LogP contribution in [-0.4, -0.2) is 0 Å². The van der Waals surface area contributed by atoms with Gasteiger partial charge in [-0.15, -0.1) is 0 Å². The van der Waals surface area contributed by atoms with E-state index in [1.807, 2.05) is 0 Å². The normalized spacial score (nSPS) is 6.00. The predicted molar refractivity (Wildman–Crippen MR) is 20.1 cm³/mol. The van der Waals surface area contributed by atoms with Gasteiger partial charge in [0, 0.05) is 0 Å². The Morgan fingerprint density at radius 3 is 1.14 bits per heavy atom. The lowest BCUT2D eigenvalue weighted by atomic mass is 10.2. The zero-order chi connectivity index (χ0) is 5.70. The van der Waals surface area contributed by atoms with Crippen molar-refractivity contribution in [2.45, 2.75) is 0 Å². The molecule has 0 aliphatic carbocycles. The highest BCUT2D eigenvalue weighted by molar-refractivity contribution is 5.38. The zero-order valence-corrected chi connectivity index (χ0v) is 3.34. The molecule has 0 amide bonds. The zero-order valence-electron chi connectivity index (χ0n) is 3.34. The summed E-state index contributed by atoms with van der Waals surface area (Å²) in [5.41, 5.74) is 0. The van der Waals surface area contributed by atoms with E-state index >= 15 is 0 Å². The number of hydrogen-bond donors (Lipinski definition) is 0. The summed E-state index contributed by atoms with van der Waals surface area (Å²) in [4.78, 5) is 0. The van der Waals surface area contributed by atoms with Crippen molar-refractivity contribution < 1.29 is 0 Å². The summed E-state index contributed by atoms with van der Waals surface area (Å²) < 4.78 is 0. The molecule has 0 bridgehead atoms. The number of rotatable bonds is 0. The number of nitriles is 3. The smallest absolute Gasteiger partial charge is 0.195 e. The standard InChI is InChI=1S/C4N3/c5-1-4(2-6)3-7. The Balaban J connectivity index is 3.82. The Morgan fingerprint density at radius 1 is 0.857 bits per heavy atom. The van der Waals surface area contributed by atoms with Crippen LogP contribution in [0, 0.1) is 39.9 Å². The first-order valence-electron chi connectivity index (χ1n) is 1.42. The van der Waals surface area contributed by atoms with Crippen LogP contribution in [-0.2, 0) is 0 Å². The van der Waals surface area contributed by atoms with Crippen molar-refractivity contribution in [1.29, 1.82) is 15.8 Å². The van der Waals surface area contributed by atoms with Crippen molar-refractivity contribution in [1.82, 2.24) is 0 Å². The molecule has 0 N–H and O–H groups in total. The summed E-state index contributed by atoms with van der Waals surface area (Å²) in [7, 11) is 0. The van der Waals surface area contributed by atoms with Crippen molar-refractivity contribution in [3.05, 3.63) is 5.92 Å². The van der Waals surface area contributed by atoms with Crippen LogP contribution in [0.25, 0.3) is 0 Å². The van der Waals surface area contributed by atoms with Gasteiger partial charge in [-0.1, -0.05) is 0 Å². The molecule has 0 aromatic heterocycles. The van der Waals surface area contributed by atoms with Gasteiger partial charge in [-0.25, -0.2) is 0 Å². The van der Waals surface area contributed by atoms with Crippen LogP contribution in [0.3, 0.4) is 0 Å². The molecule has 0 heterocycles. The number of hydrogen-bond acceptors (Lipinski definition) is 3. The van der Waals surface area contributed by atoms with E-state index in [1.165, 1.54) is 18.2 Å². The molecule has 0 aliphatic rings. The van der Waals surface area contributed by atoms with Gasteiger partial charge in [0.15, 0.2) is 0 Å². The van der Waals surface area contributed by atoms with Crippen LogP contribution in [0.2, 0.25) is 0 Å². The van der Waals surface area contributed by atoms with Crippen LogP contribution >= 0.6 is 0 Å². The van der Waals surface area contributed by atoms with Gasteiger partial charge in [0.1, 0.15) is 18.2 Å². The van der Waals surface area contributed by atoms with Gasteiger partial charge >= 0.3 is 0 Å². The third-order valence-corrected chi connectivity index (χ3v) is 0.335. The fourth-order valence-corrected chi connectivity index (χ4v) is 0.0750. The Kier molecular flexibility index (Phi) is 2.10. The molecule has 0 unspecified atom stereocenters. The predicted octanol–water partition coefficient (Wildman–Crippen LogP) is 0.132. The largest absolute Gasteiger partial charge is 0.273 e. The molecule has 0 atom stereocenters. The second kappa shape index (κ2) is 2.69. The van der Waals surface area contributed by atoms with E-state index in [1.54, 1.807) is 0 Å². The minimum absolute atomic E-state index is 0.403. The minimum atomic E-state index is -0.403. The van der Waals surface area contributed by atoms with E-state index in [0.717, 1.165) is 0 Å². The van der Waals surface area contributed by atoms with Crippen LogP contribution < -0.4 is 0 Å². The van der Waals surface area contributed by atoms with Crippen LogP contribution in [0.5, 0.6) is 0 Å². The topological polar surface area (TPSA) is 71.4 Å². The maximum Gasteiger partial charge on any atom is 0.273 e. The molecule has 3 heteroatoms. The Morgan fingerprint density at radius 2 is 1.14 bits per heavy atom. The maximum absolute atomic E-state index is 7.79. The van der Waals surface area contributed by atoms with Gasteiger partial charge in [0.2, 0.25) is 0 Å². The highest BCUT2D eigenvalue weighted by Crippen LogP contribution is 1.87. The third-order valence-electron chi connectivity index (χ3n) is 0.335. The highest BCUT2D eigenvalue weighted by Gasteiger charge is 2.00. The molecule has 0 spiro atoms. The summed E-state index contributed by atoms with van der Waals surface area (Å²) in [5.74, 6) is -0.403. The quantitative estimate of drug-likeness (QED) is 0.424. The lowest BCUT2D eigenvalue weighted by Gasteiger charge is -1.67. The first-order chi connectivity index (χ1) is 3.35. The summed E-state index contributed by atoms with van der Waals surface area (Å²) in [6.45, 7) is 0. The average molecular weight is 90.1 g/mol. The summed E-state index contributed by atoms with van der Waals surface area (Å²) in [5, 5.41) is 23.4. The lowest BCUT2D eigenvalue weighted by Crippen LogP contribution is -1.79. The van der Waals surface area contributed by atoms with Crippen molar-refractivity contribution in [2.24, 2.45) is 0 Å². The van der Waals surface area contributed by atoms with Crippen LogP contribution in [0.15, 0.2) is 0 Å². The minimum Gasteiger partial charge on any atom is -0.195 e. The van der Waals surface area contributed by atoms with Gasteiger partial charge in [-0.05, 0) is 0 Å². The summed E-state index contributed by atoms with van der Waals surface area (Å²) in [6, 6.07) is 4.19. The highest BCUT2D eigenvalue weighted by atomic mass is 14.3. The van der Waals surface area contributed by atoms with Gasteiger partial charge < -0.3 is 0 Å². The lowest BCUT2D eigenvalue weighted by molar-refractivity contribution is 1.37. The molecule has 0 aliphatic heterocycles. The molecule has 1 radical (unpaired) electrons. The van der Waals surface area contributed by atoms with Crippen LogP contribution in [0.1, 0.15) is 0 Å². The fourth-order valence-electron chi connectivity index (χ4n) is 0.0750. The van der Waals surface area contributed by atoms with Gasteiger partial charge in [-0.3, -0.25) is 0 Å². The van der Waals surface area contributed by atoms with E-state index < -0.39 is 5.92 Å². The van der Waals surface area contributed by atoms with E-state index in [0.29, 0.717) is 0 Å². The third kappa shape index (κ3) is 1.36. The average Bonchev–Trinajstić information content (AvgIpc) is 1.72. The van der Waals surface area contributed by atoms with Gasteiger partial charge in [0.05, 0.1) is 0 Å². The maximum atomic E-state index is 7.79. The molecule has 0 fully saturated rings. The van der Waals surface area contributed by atoms with E-state index in [2.05, 4.69) is 0 Å². The summed E-state index contributed by atoms with van der Waals surface area (Å²) >= 11 is 0. The molecule has 3 nitrogen and oxygen atoms in total. The van der Waals surface area contributed by atoms with Crippen molar-refractivity contribution >= 4 is 0 Å². The van der Waals surface area contributed by atoms with Gasteiger partial charge in [0.25, 0.3) is 5.92 Å². The van der Waals surface area contributed by atoms with E-state index in [4.69, 9.17) is 15.8 Å². The second-order valence-corrected chi connectivity index (χ2v) is 0.710. The molecule has 0 aromatic rings. The van der Waals surface area contributed by atoms with Gasteiger partial charge in [-0.2, -0.15) is 15.8 Å². The van der Waals surface area contributed by atoms with Crippen molar-refractivity contribution in [3.63, 3.8) is 0 Å². The summed E-state index contributed by atoms with van der Waals surface area (Å²) in [6.07, 6.45) is 0. The van der Waals surface area contributed by atoms with E-state index in [9.17, 15) is 0 Å². The van der Waals surface area contributed by atoms with Crippen molar-refractivity contribution in [3.8, 4) is 18.2 Å². The van der Waals surface area contributed by atoms with Crippen LogP contribution in [0.4, 0.5) is 0 Å². The Bertz CT molecular complexity index is 130. The first-order valence-corrected chi connectivity index (χ1v) is 1.42. The SMILES string of the molecule is N#C[C](C#N)C#N. The molecular weight excluding hydrogens is 90.1 g/mol. The molecule has 0 saturated carbocycles. The molecular formula is C4N3.